The number of rotatable bonds is 4. The van der Waals surface area contributed by atoms with Crippen LogP contribution in [0.25, 0.3) is 5.69 Å². The smallest absolute Gasteiger partial charge is 0.123 e. The van der Waals surface area contributed by atoms with Gasteiger partial charge in [-0.05, 0) is 36.4 Å². The van der Waals surface area contributed by atoms with Gasteiger partial charge in [0.15, 0.2) is 0 Å². The molecule has 0 saturated carbocycles. The number of piperazine rings is 1. The predicted octanol–water partition coefficient (Wildman–Crippen LogP) is 4.18. The number of hydrogen-bond donors (Lipinski definition) is 0. The summed E-state index contributed by atoms with van der Waals surface area (Å²) in [5.74, 6) is -0.184. The lowest BCUT2D eigenvalue weighted by atomic mass is 10.2. The lowest BCUT2D eigenvalue weighted by Gasteiger charge is -2.35. The first kappa shape index (κ1) is 21.2. The number of halogens is 3. The van der Waals surface area contributed by atoms with Gasteiger partial charge in [-0.2, -0.15) is 0 Å². The number of benzene rings is 2. The molecule has 1 aliphatic heterocycles. The maximum Gasteiger partial charge on any atom is 0.123 e. The highest BCUT2D eigenvalue weighted by atomic mass is 35.5. The van der Waals surface area contributed by atoms with Gasteiger partial charge in [0.1, 0.15) is 5.82 Å². The van der Waals surface area contributed by atoms with E-state index in [1.807, 2.05) is 36.7 Å². The molecule has 0 atom stereocenters. The van der Waals surface area contributed by atoms with Crippen LogP contribution in [0.1, 0.15) is 5.69 Å². The summed E-state index contributed by atoms with van der Waals surface area (Å²) in [6.07, 6.45) is 3.97. The number of imidazole rings is 1. The fourth-order valence-electron chi connectivity index (χ4n) is 3.23. The van der Waals surface area contributed by atoms with E-state index in [0.29, 0.717) is 0 Å². The van der Waals surface area contributed by atoms with Gasteiger partial charge in [-0.15, -0.1) is 24.8 Å². The molecule has 0 unspecified atom stereocenters. The van der Waals surface area contributed by atoms with Gasteiger partial charge in [-0.1, -0.05) is 18.2 Å². The molecule has 1 fully saturated rings. The van der Waals surface area contributed by atoms with Gasteiger partial charge in [0.2, 0.25) is 0 Å². The Labute approximate surface area is 171 Å². The van der Waals surface area contributed by atoms with E-state index >= 15 is 0 Å². The van der Waals surface area contributed by atoms with E-state index in [-0.39, 0.29) is 30.6 Å². The molecule has 0 amide bonds. The molecule has 0 bridgehead atoms. The van der Waals surface area contributed by atoms with Crippen molar-refractivity contribution in [3.05, 3.63) is 78.6 Å². The van der Waals surface area contributed by atoms with E-state index in [4.69, 9.17) is 0 Å². The van der Waals surface area contributed by atoms with Gasteiger partial charge >= 0.3 is 0 Å². The van der Waals surface area contributed by atoms with Crippen LogP contribution < -0.4 is 4.90 Å². The summed E-state index contributed by atoms with van der Waals surface area (Å²) in [5, 5.41) is 0. The highest BCUT2D eigenvalue weighted by molar-refractivity contribution is 5.85. The summed E-state index contributed by atoms with van der Waals surface area (Å²) >= 11 is 0. The molecule has 0 spiro atoms. The summed E-state index contributed by atoms with van der Waals surface area (Å²) < 4.78 is 15.1. The van der Waals surface area contributed by atoms with Crippen molar-refractivity contribution in [2.75, 3.05) is 31.1 Å². The minimum absolute atomic E-state index is 0. The topological polar surface area (TPSA) is 24.3 Å². The Morgan fingerprint density at radius 3 is 2.15 bits per heavy atom. The third-order valence-corrected chi connectivity index (χ3v) is 4.64. The van der Waals surface area contributed by atoms with Crippen molar-refractivity contribution < 1.29 is 4.39 Å². The van der Waals surface area contributed by atoms with Gasteiger partial charge < -0.3 is 9.47 Å². The van der Waals surface area contributed by atoms with E-state index in [9.17, 15) is 4.39 Å². The molecule has 4 nitrogen and oxygen atoms in total. The third-order valence-electron chi connectivity index (χ3n) is 4.64. The molecular formula is C20H23Cl2FN4. The highest BCUT2D eigenvalue weighted by Gasteiger charge is 2.18. The standard InChI is InChI=1S/C20H21FN4.2ClH/c21-17-6-8-20(9-7-17)24-12-10-23(11-13-24)14-18-15-25(16-22-18)19-4-2-1-3-5-19;;/h1-9,15-16H,10-14H2;2*1H. The Kier molecular flexibility index (Phi) is 7.66. The largest absolute Gasteiger partial charge is 0.369 e. The van der Waals surface area contributed by atoms with Gasteiger partial charge in [-0.25, -0.2) is 9.37 Å². The number of nitrogens with zero attached hydrogens (tertiary/aromatic N) is 4. The molecule has 3 aromatic rings. The molecule has 2 aromatic carbocycles. The molecule has 2 heterocycles. The molecule has 1 saturated heterocycles. The van der Waals surface area contributed by atoms with Crippen LogP contribution in [-0.2, 0) is 6.54 Å². The number of hydrogen-bond acceptors (Lipinski definition) is 3. The summed E-state index contributed by atoms with van der Waals surface area (Å²) in [5.41, 5.74) is 3.30. The molecule has 4 rings (SSSR count). The summed E-state index contributed by atoms with van der Waals surface area (Å²) in [4.78, 5) is 9.26. The maximum atomic E-state index is 13.0. The van der Waals surface area contributed by atoms with Gasteiger partial charge in [0.25, 0.3) is 0 Å². The first-order valence-corrected chi connectivity index (χ1v) is 8.59. The van der Waals surface area contributed by atoms with Crippen molar-refractivity contribution in [3.63, 3.8) is 0 Å². The first-order chi connectivity index (χ1) is 12.3. The molecule has 0 radical (unpaired) electrons. The summed E-state index contributed by atoms with van der Waals surface area (Å²) in [7, 11) is 0. The third kappa shape index (κ3) is 5.22. The quantitative estimate of drug-likeness (QED) is 0.646. The molecule has 0 aliphatic carbocycles. The molecule has 0 N–H and O–H groups in total. The lowest BCUT2D eigenvalue weighted by molar-refractivity contribution is 0.247. The van der Waals surface area contributed by atoms with Crippen LogP contribution in [0, 0.1) is 5.82 Å². The van der Waals surface area contributed by atoms with Crippen LogP contribution in [0.4, 0.5) is 10.1 Å². The molecule has 27 heavy (non-hydrogen) atoms. The second-order valence-electron chi connectivity index (χ2n) is 6.35. The Morgan fingerprint density at radius 1 is 0.815 bits per heavy atom. The summed E-state index contributed by atoms with van der Waals surface area (Å²) in [6, 6.07) is 17.0. The number of para-hydroxylation sites is 1. The summed E-state index contributed by atoms with van der Waals surface area (Å²) in [6.45, 7) is 4.72. The monoisotopic (exact) mass is 408 g/mol. The average molecular weight is 409 g/mol. The predicted molar refractivity (Wildman–Crippen MR) is 112 cm³/mol. The zero-order chi connectivity index (χ0) is 17.1. The van der Waals surface area contributed by atoms with Crippen molar-refractivity contribution in [2.24, 2.45) is 0 Å². The maximum absolute atomic E-state index is 13.0. The minimum atomic E-state index is -0.184. The first-order valence-electron chi connectivity index (χ1n) is 8.59. The Balaban J connectivity index is 0.00000131. The Morgan fingerprint density at radius 2 is 1.48 bits per heavy atom. The SMILES string of the molecule is Cl.Cl.Fc1ccc(N2CCN(Cc3cn(-c4ccccc4)cn3)CC2)cc1. The van der Waals surface area contributed by atoms with Crippen molar-refractivity contribution in [3.8, 4) is 5.69 Å². The average Bonchev–Trinajstić information content (AvgIpc) is 3.12. The van der Waals surface area contributed by atoms with Crippen LogP contribution in [-0.4, -0.2) is 40.6 Å². The van der Waals surface area contributed by atoms with E-state index in [0.717, 1.165) is 49.8 Å². The van der Waals surface area contributed by atoms with Crippen LogP contribution >= 0.6 is 24.8 Å². The van der Waals surface area contributed by atoms with E-state index in [2.05, 4.69) is 37.7 Å². The van der Waals surface area contributed by atoms with Crippen LogP contribution in [0.5, 0.6) is 0 Å². The Hall–Kier alpha value is -2.08. The van der Waals surface area contributed by atoms with Crippen molar-refractivity contribution >= 4 is 30.5 Å². The second-order valence-corrected chi connectivity index (χ2v) is 6.35. The van der Waals surface area contributed by atoms with E-state index in [1.165, 1.54) is 12.1 Å². The van der Waals surface area contributed by atoms with Crippen LogP contribution in [0.2, 0.25) is 0 Å². The zero-order valence-corrected chi connectivity index (χ0v) is 16.5. The lowest BCUT2D eigenvalue weighted by Crippen LogP contribution is -2.46. The fourth-order valence-corrected chi connectivity index (χ4v) is 3.23. The Bertz CT molecular complexity index is 816. The minimum Gasteiger partial charge on any atom is -0.369 e. The van der Waals surface area contributed by atoms with Crippen LogP contribution in [0.3, 0.4) is 0 Å². The van der Waals surface area contributed by atoms with Gasteiger partial charge in [0, 0.05) is 50.3 Å². The molecule has 7 heteroatoms. The van der Waals surface area contributed by atoms with Crippen molar-refractivity contribution in [1.29, 1.82) is 0 Å². The second kappa shape index (κ2) is 9.74. The van der Waals surface area contributed by atoms with E-state index in [1.54, 1.807) is 0 Å². The molecule has 144 valence electrons. The van der Waals surface area contributed by atoms with Crippen molar-refractivity contribution in [1.82, 2.24) is 14.5 Å². The normalized spacial score (nSPS) is 14.3. The number of aromatic nitrogens is 2. The zero-order valence-electron chi connectivity index (χ0n) is 14.9. The molecule has 1 aliphatic rings. The van der Waals surface area contributed by atoms with Crippen LogP contribution in [0.15, 0.2) is 67.1 Å². The van der Waals surface area contributed by atoms with Gasteiger partial charge in [0.05, 0.1) is 12.0 Å². The number of anilines is 1. The van der Waals surface area contributed by atoms with E-state index < -0.39 is 0 Å². The highest BCUT2D eigenvalue weighted by Crippen LogP contribution is 2.18. The molecule has 1 aromatic heterocycles. The van der Waals surface area contributed by atoms with Crippen molar-refractivity contribution in [2.45, 2.75) is 6.54 Å². The fraction of sp³-hybridized carbons (Fsp3) is 0.250. The van der Waals surface area contributed by atoms with Gasteiger partial charge in [-0.3, -0.25) is 4.90 Å². The molecular weight excluding hydrogens is 386 g/mol.